The Morgan fingerprint density at radius 3 is 2.75 bits per heavy atom. The van der Waals surface area contributed by atoms with Gasteiger partial charge in [0.15, 0.2) is 0 Å². The SMILES string of the molecule is NC(=O)C1CCCN(S(=O)(=O)c2ccc(Br)c(F)c2)C1. The molecule has 0 radical (unpaired) electrons. The van der Waals surface area contributed by atoms with Gasteiger partial charge in [0.05, 0.1) is 15.3 Å². The normalized spacial score (nSPS) is 20.8. The second-order valence-electron chi connectivity index (χ2n) is 4.68. The number of hydrogen-bond acceptors (Lipinski definition) is 3. The van der Waals surface area contributed by atoms with E-state index in [9.17, 15) is 17.6 Å². The van der Waals surface area contributed by atoms with E-state index in [1.54, 1.807) is 0 Å². The van der Waals surface area contributed by atoms with Gasteiger partial charge in [-0.1, -0.05) is 0 Å². The highest BCUT2D eigenvalue weighted by atomic mass is 79.9. The minimum Gasteiger partial charge on any atom is -0.369 e. The number of nitrogens with two attached hydrogens (primary N) is 1. The molecule has 1 atom stereocenters. The molecule has 1 amide bonds. The largest absolute Gasteiger partial charge is 0.369 e. The Balaban J connectivity index is 2.29. The molecule has 20 heavy (non-hydrogen) atoms. The zero-order valence-electron chi connectivity index (χ0n) is 10.6. The maximum absolute atomic E-state index is 13.5. The van der Waals surface area contributed by atoms with Crippen molar-refractivity contribution < 1.29 is 17.6 Å². The summed E-state index contributed by atoms with van der Waals surface area (Å²) in [5, 5.41) is 0. The fourth-order valence-corrected chi connectivity index (χ4v) is 3.96. The number of amides is 1. The average molecular weight is 365 g/mol. The summed E-state index contributed by atoms with van der Waals surface area (Å²) in [5.74, 6) is -1.64. The second kappa shape index (κ2) is 5.79. The molecule has 1 fully saturated rings. The maximum Gasteiger partial charge on any atom is 0.243 e. The van der Waals surface area contributed by atoms with Crippen LogP contribution in [0.25, 0.3) is 0 Å². The lowest BCUT2D eigenvalue weighted by Gasteiger charge is -2.30. The number of carbonyl (C=O) groups excluding carboxylic acids is 1. The maximum atomic E-state index is 13.5. The molecular weight excluding hydrogens is 351 g/mol. The minimum atomic E-state index is -3.80. The van der Waals surface area contributed by atoms with Crippen molar-refractivity contribution in [2.45, 2.75) is 17.7 Å². The number of carbonyl (C=O) groups is 1. The van der Waals surface area contributed by atoms with E-state index in [-0.39, 0.29) is 15.9 Å². The number of nitrogens with zero attached hydrogens (tertiary/aromatic N) is 1. The zero-order chi connectivity index (χ0) is 14.9. The molecular formula is C12H14BrFN2O3S. The predicted molar refractivity (Wildman–Crippen MR) is 74.8 cm³/mol. The van der Waals surface area contributed by atoms with Crippen molar-refractivity contribution in [1.82, 2.24) is 4.31 Å². The second-order valence-corrected chi connectivity index (χ2v) is 7.47. The Kier molecular flexibility index (Phi) is 4.46. The van der Waals surface area contributed by atoms with E-state index in [0.717, 1.165) is 6.07 Å². The third-order valence-corrected chi connectivity index (χ3v) is 5.82. The van der Waals surface area contributed by atoms with Gasteiger partial charge in [0.25, 0.3) is 0 Å². The van der Waals surface area contributed by atoms with Gasteiger partial charge in [0.1, 0.15) is 5.82 Å². The van der Waals surface area contributed by atoms with Crippen LogP contribution in [-0.2, 0) is 14.8 Å². The molecule has 2 N–H and O–H groups in total. The summed E-state index contributed by atoms with van der Waals surface area (Å²) < 4.78 is 39.7. The van der Waals surface area contributed by atoms with Gasteiger partial charge in [0.2, 0.25) is 15.9 Å². The lowest BCUT2D eigenvalue weighted by atomic mass is 9.99. The lowest BCUT2D eigenvalue weighted by molar-refractivity contribution is -0.122. The molecule has 0 saturated carbocycles. The number of piperidine rings is 1. The smallest absolute Gasteiger partial charge is 0.243 e. The van der Waals surface area contributed by atoms with Gasteiger partial charge < -0.3 is 5.73 Å². The third-order valence-electron chi connectivity index (χ3n) is 3.32. The fraction of sp³-hybridized carbons (Fsp3) is 0.417. The molecule has 1 aliphatic heterocycles. The van der Waals surface area contributed by atoms with Crippen molar-refractivity contribution >= 4 is 31.9 Å². The van der Waals surface area contributed by atoms with E-state index in [1.807, 2.05) is 0 Å². The van der Waals surface area contributed by atoms with Crippen molar-refractivity contribution in [3.63, 3.8) is 0 Å². The molecule has 0 aliphatic carbocycles. The van der Waals surface area contributed by atoms with Crippen LogP contribution in [0.1, 0.15) is 12.8 Å². The number of benzene rings is 1. The Hall–Kier alpha value is -0.990. The van der Waals surface area contributed by atoms with Crippen molar-refractivity contribution in [2.75, 3.05) is 13.1 Å². The first-order chi connectivity index (χ1) is 9.32. The molecule has 5 nitrogen and oxygen atoms in total. The van der Waals surface area contributed by atoms with Crippen molar-refractivity contribution in [2.24, 2.45) is 11.7 Å². The molecule has 1 aliphatic rings. The first-order valence-corrected chi connectivity index (χ1v) is 8.30. The molecule has 1 aromatic rings. The minimum absolute atomic E-state index is 0.0509. The number of sulfonamides is 1. The highest BCUT2D eigenvalue weighted by Gasteiger charge is 2.32. The van der Waals surface area contributed by atoms with Gasteiger partial charge in [-0.25, -0.2) is 12.8 Å². The van der Waals surface area contributed by atoms with Crippen molar-refractivity contribution in [3.05, 3.63) is 28.5 Å². The van der Waals surface area contributed by atoms with Crippen LogP contribution < -0.4 is 5.73 Å². The number of primary amides is 1. The highest BCUT2D eigenvalue weighted by Crippen LogP contribution is 2.26. The number of halogens is 2. The first kappa shape index (κ1) is 15.4. The molecule has 2 rings (SSSR count). The number of hydrogen-bond donors (Lipinski definition) is 1. The van der Waals surface area contributed by atoms with Gasteiger partial charge >= 0.3 is 0 Å². The van der Waals surface area contributed by atoms with Crippen LogP contribution in [0.5, 0.6) is 0 Å². The van der Waals surface area contributed by atoms with E-state index in [4.69, 9.17) is 5.73 Å². The molecule has 1 aromatic carbocycles. The molecule has 1 heterocycles. The Labute approximate surface area is 125 Å². The van der Waals surface area contributed by atoms with E-state index in [1.165, 1.54) is 16.4 Å². The fourth-order valence-electron chi connectivity index (χ4n) is 2.18. The summed E-state index contributed by atoms with van der Waals surface area (Å²) >= 11 is 2.98. The molecule has 1 saturated heterocycles. The van der Waals surface area contributed by atoms with Gasteiger partial charge in [0, 0.05) is 13.1 Å². The van der Waals surface area contributed by atoms with Gasteiger partial charge in [-0.15, -0.1) is 0 Å². The molecule has 0 spiro atoms. The highest BCUT2D eigenvalue weighted by molar-refractivity contribution is 9.10. The molecule has 0 aromatic heterocycles. The van der Waals surface area contributed by atoms with Crippen LogP contribution in [0.2, 0.25) is 0 Å². The van der Waals surface area contributed by atoms with Crippen LogP contribution >= 0.6 is 15.9 Å². The lowest BCUT2D eigenvalue weighted by Crippen LogP contribution is -2.44. The molecule has 0 bridgehead atoms. The standard InChI is InChI=1S/C12H14BrFN2O3S/c13-10-4-3-9(6-11(10)14)20(18,19)16-5-1-2-8(7-16)12(15)17/h3-4,6,8H,1-2,5,7H2,(H2,15,17). The first-order valence-electron chi connectivity index (χ1n) is 6.07. The van der Waals surface area contributed by atoms with Crippen LogP contribution in [0.4, 0.5) is 4.39 Å². The van der Waals surface area contributed by atoms with Gasteiger partial charge in [-0.05, 0) is 47.0 Å². The predicted octanol–water partition coefficient (Wildman–Crippen LogP) is 1.47. The quantitative estimate of drug-likeness (QED) is 0.881. The Bertz CT molecular complexity index is 636. The summed E-state index contributed by atoms with van der Waals surface area (Å²) in [4.78, 5) is 11.1. The Morgan fingerprint density at radius 1 is 1.45 bits per heavy atom. The van der Waals surface area contributed by atoms with Crippen LogP contribution in [0.3, 0.4) is 0 Å². The number of rotatable bonds is 3. The van der Waals surface area contributed by atoms with Crippen LogP contribution in [0, 0.1) is 11.7 Å². The van der Waals surface area contributed by atoms with E-state index < -0.39 is 27.7 Å². The molecule has 1 unspecified atom stereocenters. The summed E-state index contributed by atoms with van der Waals surface area (Å²) in [6.45, 7) is 0.360. The van der Waals surface area contributed by atoms with Gasteiger partial charge in [-0.3, -0.25) is 4.79 Å². The van der Waals surface area contributed by atoms with E-state index >= 15 is 0 Å². The monoisotopic (exact) mass is 364 g/mol. The van der Waals surface area contributed by atoms with Crippen molar-refractivity contribution in [1.29, 1.82) is 0 Å². The van der Waals surface area contributed by atoms with E-state index in [2.05, 4.69) is 15.9 Å². The summed E-state index contributed by atoms with van der Waals surface area (Å²) in [5.41, 5.74) is 5.23. The van der Waals surface area contributed by atoms with Gasteiger partial charge in [-0.2, -0.15) is 4.31 Å². The van der Waals surface area contributed by atoms with Crippen molar-refractivity contribution in [3.8, 4) is 0 Å². The average Bonchev–Trinajstić information content (AvgIpc) is 2.42. The summed E-state index contributed by atoms with van der Waals surface area (Å²) in [6.07, 6.45) is 1.14. The summed E-state index contributed by atoms with van der Waals surface area (Å²) in [6, 6.07) is 3.64. The Morgan fingerprint density at radius 2 is 2.15 bits per heavy atom. The third kappa shape index (κ3) is 3.02. The van der Waals surface area contributed by atoms with Crippen LogP contribution in [0.15, 0.2) is 27.6 Å². The molecule has 8 heteroatoms. The van der Waals surface area contributed by atoms with Crippen LogP contribution in [-0.4, -0.2) is 31.7 Å². The topological polar surface area (TPSA) is 80.5 Å². The molecule has 110 valence electrons. The van der Waals surface area contributed by atoms with E-state index in [0.29, 0.717) is 19.4 Å². The summed E-state index contributed by atoms with van der Waals surface area (Å²) in [7, 11) is -3.80. The zero-order valence-corrected chi connectivity index (χ0v) is 13.0.